The predicted octanol–water partition coefficient (Wildman–Crippen LogP) is 2.87. The fourth-order valence-corrected chi connectivity index (χ4v) is 3.74. The van der Waals surface area contributed by atoms with Gasteiger partial charge < -0.3 is 5.73 Å². The number of hydrogen-bond donors (Lipinski definition) is 2. The Morgan fingerprint density at radius 1 is 1.00 bits per heavy atom. The third kappa shape index (κ3) is 3.25. The van der Waals surface area contributed by atoms with Gasteiger partial charge in [-0.2, -0.15) is 0 Å². The third-order valence-electron chi connectivity index (χ3n) is 3.48. The van der Waals surface area contributed by atoms with Crippen molar-refractivity contribution < 1.29 is 8.42 Å². The topological polar surface area (TPSA) is 72.2 Å². The summed E-state index contributed by atoms with van der Waals surface area (Å²) in [4.78, 5) is 0.280. The van der Waals surface area contributed by atoms with Crippen LogP contribution in [-0.4, -0.2) is 8.42 Å². The maximum atomic E-state index is 12.6. The van der Waals surface area contributed by atoms with Crippen molar-refractivity contribution in [3.8, 4) is 0 Å². The fourth-order valence-electron chi connectivity index (χ4n) is 2.30. The molecule has 0 aliphatic rings. The van der Waals surface area contributed by atoms with Crippen LogP contribution in [0.5, 0.6) is 0 Å². The molecule has 112 valence electrons. The average molecular weight is 304 g/mol. The van der Waals surface area contributed by atoms with Gasteiger partial charge in [0.05, 0.1) is 10.6 Å². The maximum Gasteiger partial charge on any atom is 0.262 e. The standard InChI is InChI=1S/C16H20N2O2S/c1-11-5-4-6-12(2)16(11)18-21(19,20)15-8-7-14(10-17)9-13(15)3/h4-9,18H,10,17H2,1-3H3. The molecule has 0 aliphatic carbocycles. The van der Waals surface area contributed by atoms with Crippen LogP contribution in [0.15, 0.2) is 41.3 Å². The molecular formula is C16H20N2O2S. The third-order valence-corrected chi connectivity index (χ3v) is 4.99. The second kappa shape index (κ2) is 5.87. The lowest BCUT2D eigenvalue weighted by Gasteiger charge is -2.15. The van der Waals surface area contributed by atoms with Gasteiger partial charge in [-0.1, -0.05) is 30.3 Å². The molecule has 0 spiro atoms. The first kappa shape index (κ1) is 15.5. The highest BCUT2D eigenvalue weighted by molar-refractivity contribution is 7.92. The summed E-state index contributed by atoms with van der Waals surface area (Å²) >= 11 is 0. The number of para-hydroxylation sites is 1. The van der Waals surface area contributed by atoms with Gasteiger partial charge >= 0.3 is 0 Å². The molecule has 0 aliphatic heterocycles. The first-order valence-corrected chi connectivity index (χ1v) is 8.22. The minimum absolute atomic E-state index is 0.280. The van der Waals surface area contributed by atoms with Gasteiger partial charge in [-0.05, 0) is 49.1 Å². The smallest absolute Gasteiger partial charge is 0.262 e. The number of anilines is 1. The Morgan fingerprint density at radius 2 is 1.62 bits per heavy atom. The number of aryl methyl sites for hydroxylation is 3. The zero-order valence-corrected chi connectivity index (χ0v) is 13.3. The van der Waals surface area contributed by atoms with Gasteiger partial charge in [0.2, 0.25) is 0 Å². The van der Waals surface area contributed by atoms with Crippen LogP contribution in [0.3, 0.4) is 0 Å². The summed E-state index contributed by atoms with van der Waals surface area (Å²) in [6.45, 7) is 5.94. The van der Waals surface area contributed by atoms with E-state index in [1.807, 2.05) is 32.0 Å². The summed E-state index contributed by atoms with van der Waals surface area (Å²) in [5.74, 6) is 0. The largest absolute Gasteiger partial charge is 0.326 e. The molecule has 0 atom stereocenters. The van der Waals surface area contributed by atoms with Crippen LogP contribution in [-0.2, 0) is 16.6 Å². The molecule has 2 aromatic carbocycles. The molecule has 0 fully saturated rings. The Bertz CT molecular complexity index is 748. The summed E-state index contributed by atoms with van der Waals surface area (Å²) in [6.07, 6.45) is 0. The maximum absolute atomic E-state index is 12.6. The number of nitrogens with two attached hydrogens (primary N) is 1. The van der Waals surface area contributed by atoms with Gasteiger partial charge in [0.25, 0.3) is 10.0 Å². The second-order valence-electron chi connectivity index (χ2n) is 5.18. The van der Waals surface area contributed by atoms with E-state index in [2.05, 4.69) is 4.72 Å². The molecule has 0 bridgehead atoms. The molecule has 0 saturated heterocycles. The van der Waals surface area contributed by atoms with E-state index in [9.17, 15) is 8.42 Å². The highest BCUT2D eigenvalue weighted by atomic mass is 32.2. The SMILES string of the molecule is Cc1cc(CN)ccc1S(=O)(=O)Nc1c(C)cccc1C. The van der Waals surface area contributed by atoms with Crippen LogP contribution in [0.4, 0.5) is 5.69 Å². The number of rotatable bonds is 4. The van der Waals surface area contributed by atoms with E-state index in [-0.39, 0.29) is 4.90 Å². The summed E-state index contributed by atoms with van der Waals surface area (Å²) < 4.78 is 27.9. The van der Waals surface area contributed by atoms with E-state index >= 15 is 0 Å². The Balaban J connectivity index is 2.44. The van der Waals surface area contributed by atoms with Crippen LogP contribution in [0, 0.1) is 20.8 Å². The number of nitrogens with one attached hydrogen (secondary N) is 1. The zero-order chi connectivity index (χ0) is 15.6. The lowest BCUT2D eigenvalue weighted by molar-refractivity contribution is 0.600. The van der Waals surface area contributed by atoms with Crippen LogP contribution in [0.2, 0.25) is 0 Å². The van der Waals surface area contributed by atoms with Crippen LogP contribution < -0.4 is 10.5 Å². The van der Waals surface area contributed by atoms with Crippen molar-refractivity contribution in [3.05, 3.63) is 58.7 Å². The molecule has 2 rings (SSSR count). The molecule has 0 saturated carbocycles. The Kier molecular flexibility index (Phi) is 4.34. The van der Waals surface area contributed by atoms with Crippen LogP contribution >= 0.6 is 0 Å². The van der Waals surface area contributed by atoms with Crippen molar-refractivity contribution in [3.63, 3.8) is 0 Å². The molecule has 21 heavy (non-hydrogen) atoms. The summed E-state index contributed by atoms with van der Waals surface area (Å²) in [5, 5.41) is 0. The predicted molar refractivity (Wildman–Crippen MR) is 85.8 cm³/mol. The first-order valence-electron chi connectivity index (χ1n) is 6.74. The van der Waals surface area contributed by atoms with Crippen molar-refractivity contribution in [2.75, 3.05) is 4.72 Å². The number of benzene rings is 2. The van der Waals surface area contributed by atoms with E-state index in [1.165, 1.54) is 0 Å². The van der Waals surface area contributed by atoms with Crippen LogP contribution in [0.1, 0.15) is 22.3 Å². The van der Waals surface area contributed by atoms with Gasteiger partial charge in [0, 0.05) is 6.54 Å². The molecule has 0 radical (unpaired) electrons. The monoisotopic (exact) mass is 304 g/mol. The lowest BCUT2D eigenvalue weighted by Crippen LogP contribution is -2.16. The summed E-state index contributed by atoms with van der Waals surface area (Å²) in [6, 6.07) is 10.8. The van der Waals surface area contributed by atoms with E-state index in [0.717, 1.165) is 16.7 Å². The Hall–Kier alpha value is -1.85. The highest BCUT2D eigenvalue weighted by Crippen LogP contribution is 2.25. The normalized spacial score (nSPS) is 11.4. The molecule has 4 nitrogen and oxygen atoms in total. The molecule has 0 heterocycles. The first-order chi connectivity index (χ1) is 9.85. The van der Waals surface area contributed by atoms with Gasteiger partial charge in [-0.3, -0.25) is 4.72 Å². The van der Waals surface area contributed by atoms with Crippen molar-refractivity contribution in [1.29, 1.82) is 0 Å². The van der Waals surface area contributed by atoms with Crippen molar-refractivity contribution in [2.24, 2.45) is 5.73 Å². The van der Waals surface area contributed by atoms with E-state index in [4.69, 9.17) is 5.73 Å². The zero-order valence-electron chi connectivity index (χ0n) is 12.5. The average Bonchev–Trinajstić information content (AvgIpc) is 2.42. The van der Waals surface area contributed by atoms with Gasteiger partial charge in [-0.25, -0.2) is 8.42 Å². The molecule has 0 aromatic heterocycles. The molecular weight excluding hydrogens is 284 g/mol. The Morgan fingerprint density at radius 3 is 2.14 bits per heavy atom. The van der Waals surface area contributed by atoms with Crippen LogP contribution in [0.25, 0.3) is 0 Å². The lowest BCUT2D eigenvalue weighted by atomic mass is 10.1. The molecule has 3 N–H and O–H groups in total. The summed E-state index contributed by atoms with van der Waals surface area (Å²) in [7, 11) is -3.60. The van der Waals surface area contributed by atoms with Crippen molar-refractivity contribution in [2.45, 2.75) is 32.2 Å². The molecule has 2 aromatic rings. The van der Waals surface area contributed by atoms with Crippen molar-refractivity contribution in [1.82, 2.24) is 0 Å². The summed E-state index contributed by atoms with van der Waals surface area (Å²) in [5.41, 5.74) is 9.62. The van der Waals surface area contributed by atoms with E-state index < -0.39 is 10.0 Å². The highest BCUT2D eigenvalue weighted by Gasteiger charge is 2.18. The minimum Gasteiger partial charge on any atom is -0.326 e. The van der Waals surface area contributed by atoms with Crippen molar-refractivity contribution >= 4 is 15.7 Å². The van der Waals surface area contributed by atoms with E-state index in [0.29, 0.717) is 17.8 Å². The minimum atomic E-state index is -3.60. The number of hydrogen-bond acceptors (Lipinski definition) is 3. The molecule has 0 unspecified atom stereocenters. The Labute approximate surface area is 126 Å². The fraction of sp³-hybridized carbons (Fsp3) is 0.250. The number of sulfonamides is 1. The van der Waals surface area contributed by atoms with Gasteiger partial charge in [-0.15, -0.1) is 0 Å². The van der Waals surface area contributed by atoms with Gasteiger partial charge in [0.15, 0.2) is 0 Å². The van der Waals surface area contributed by atoms with E-state index in [1.54, 1.807) is 25.1 Å². The quantitative estimate of drug-likeness (QED) is 0.912. The van der Waals surface area contributed by atoms with Gasteiger partial charge in [0.1, 0.15) is 0 Å². The molecule has 0 amide bonds. The molecule has 5 heteroatoms. The second-order valence-corrected chi connectivity index (χ2v) is 6.83.